The van der Waals surface area contributed by atoms with Crippen molar-refractivity contribution in [1.82, 2.24) is 0 Å². The summed E-state index contributed by atoms with van der Waals surface area (Å²) >= 11 is 12.3. The van der Waals surface area contributed by atoms with Gasteiger partial charge in [-0.2, -0.15) is 21.9 Å². The predicted octanol–water partition coefficient (Wildman–Crippen LogP) is 12.3. The Labute approximate surface area is 483 Å². The van der Waals surface area contributed by atoms with Crippen LogP contribution in [-0.2, 0) is 33.1 Å². The zero-order valence-corrected chi connectivity index (χ0v) is 46.9. The van der Waals surface area contributed by atoms with Crippen LogP contribution in [0.3, 0.4) is 0 Å². The zero-order valence-electron chi connectivity index (χ0n) is 41.6. The Balaban J connectivity index is 0.000000246. The van der Waals surface area contributed by atoms with Crippen molar-refractivity contribution in [2.75, 3.05) is 18.5 Å². The minimum absolute atomic E-state index is 0. The maximum Gasteiger partial charge on any atom is 2.00 e. The molecule has 0 spiro atoms. The molecule has 0 aromatic heterocycles. The van der Waals surface area contributed by atoms with E-state index in [4.69, 9.17) is 32.7 Å². The third-order valence-corrected chi connectivity index (χ3v) is 13.6. The number of hydrogen-bond acceptors (Lipinski definition) is 15. The van der Waals surface area contributed by atoms with Crippen molar-refractivity contribution < 1.29 is 55.5 Å². The maximum absolute atomic E-state index is 13.4. The normalized spacial score (nSPS) is 11.9. The number of halogens is 2. The number of aliphatic imine (C=N–C) groups is 1. The maximum atomic E-state index is 13.4. The molecule has 77 heavy (non-hydrogen) atoms. The molecule has 1 amide bonds. The molecule has 0 aliphatic heterocycles. The van der Waals surface area contributed by atoms with Crippen LogP contribution in [-0.4, -0.2) is 93.8 Å². The third kappa shape index (κ3) is 14.5. The van der Waals surface area contributed by atoms with Crippen molar-refractivity contribution >= 4 is 149 Å². The molecule has 23 heteroatoms. The van der Waals surface area contributed by atoms with E-state index in [0.29, 0.717) is 57.6 Å². The van der Waals surface area contributed by atoms with Gasteiger partial charge in [-0.3, -0.25) is 18.9 Å². The molecule has 8 rings (SSSR count). The van der Waals surface area contributed by atoms with Gasteiger partial charge in [0.25, 0.3) is 26.1 Å². The molecular formula is C54H46CaCl2N6O12S2. The summed E-state index contributed by atoms with van der Waals surface area (Å²) in [5.41, 5.74) is 0.242. The molecule has 0 aliphatic carbocycles. The number of nitrogens with one attached hydrogen (secondary N) is 1. The summed E-state index contributed by atoms with van der Waals surface area (Å²) in [4.78, 5) is 16.3. The molecule has 0 heterocycles. The Kier molecular flexibility index (Phi) is 20.2. The van der Waals surface area contributed by atoms with Gasteiger partial charge in [0.2, 0.25) is 0 Å². The van der Waals surface area contributed by atoms with Crippen LogP contribution in [0.25, 0.3) is 21.5 Å². The van der Waals surface area contributed by atoms with Crippen molar-refractivity contribution in [2.45, 2.75) is 50.3 Å². The van der Waals surface area contributed by atoms with Crippen molar-refractivity contribution in [3.8, 4) is 23.0 Å². The number of phenolic OH excluding ortho intramolecular Hbond substituents is 1. The number of rotatable bonds is 16. The Morgan fingerprint density at radius 1 is 0.610 bits per heavy atom. The van der Waals surface area contributed by atoms with Gasteiger partial charge in [0, 0.05) is 38.6 Å². The average molecular weight is 1150 g/mol. The summed E-state index contributed by atoms with van der Waals surface area (Å²) in [6.07, 6.45) is 0.496. The molecule has 8 aromatic rings. The molecule has 4 N–H and O–H groups in total. The van der Waals surface area contributed by atoms with Crippen LogP contribution in [0.1, 0.15) is 54.7 Å². The van der Waals surface area contributed by atoms with Gasteiger partial charge < -0.3 is 30.1 Å². The van der Waals surface area contributed by atoms with Crippen molar-refractivity contribution in [2.24, 2.45) is 25.4 Å². The molecule has 0 saturated carbocycles. The molecule has 0 fully saturated rings. The van der Waals surface area contributed by atoms with Crippen LogP contribution in [0.5, 0.6) is 23.0 Å². The van der Waals surface area contributed by atoms with E-state index in [-0.39, 0.29) is 106 Å². The number of anilines is 1. The second-order valence-corrected chi connectivity index (χ2v) is 19.9. The van der Waals surface area contributed by atoms with E-state index < -0.39 is 53.3 Å². The van der Waals surface area contributed by atoms with E-state index in [1.165, 1.54) is 36.4 Å². The molecular weight excluding hydrogens is 1100 g/mol. The van der Waals surface area contributed by atoms with E-state index in [1.807, 2.05) is 13.8 Å². The summed E-state index contributed by atoms with van der Waals surface area (Å²) in [6.45, 7) is 7.96. The monoisotopic (exact) mass is 1140 g/mol. The minimum atomic E-state index is -4.68. The second-order valence-electron chi connectivity index (χ2n) is 16.3. The second kappa shape index (κ2) is 26.1. The van der Waals surface area contributed by atoms with E-state index in [1.54, 1.807) is 111 Å². The number of azo groups is 2. The number of hydrogen-bond donors (Lipinski definition) is 4. The number of amides is 1. The molecule has 0 radical (unpaired) electrons. The quantitative estimate of drug-likeness (QED) is 0.0231. The van der Waals surface area contributed by atoms with Crippen molar-refractivity contribution in [1.29, 1.82) is 0 Å². The Hall–Kier alpha value is -6.72. The fraction of sp³-hybridized carbons (Fsp3) is 0.148. The van der Waals surface area contributed by atoms with Crippen LogP contribution in [0.2, 0.25) is 10.0 Å². The van der Waals surface area contributed by atoms with Crippen LogP contribution in [0, 0.1) is 0 Å². The summed E-state index contributed by atoms with van der Waals surface area (Å²) in [6, 6.07) is 35.2. The van der Waals surface area contributed by atoms with Gasteiger partial charge in [0.05, 0.1) is 30.2 Å². The van der Waals surface area contributed by atoms with Crippen molar-refractivity contribution in [3.63, 3.8) is 0 Å². The molecule has 0 atom stereocenters. The predicted molar refractivity (Wildman–Crippen MR) is 294 cm³/mol. The van der Waals surface area contributed by atoms with Gasteiger partial charge in [-0.25, -0.2) is 0 Å². The van der Waals surface area contributed by atoms with Crippen molar-refractivity contribution in [3.05, 3.63) is 166 Å². The largest absolute Gasteiger partial charge is 2.00 e. The van der Waals surface area contributed by atoms with E-state index in [9.17, 15) is 46.1 Å². The summed E-state index contributed by atoms with van der Waals surface area (Å²) in [7, 11) is -9.35. The summed E-state index contributed by atoms with van der Waals surface area (Å²) in [5, 5.41) is 58.9. The third-order valence-electron chi connectivity index (χ3n) is 11.2. The van der Waals surface area contributed by atoms with Gasteiger partial charge in [0.1, 0.15) is 38.4 Å². The molecule has 0 aliphatic rings. The number of benzene rings is 8. The van der Waals surface area contributed by atoms with Crippen LogP contribution in [0.4, 0.5) is 34.1 Å². The molecule has 0 bridgehead atoms. The van der Waals surface area contributed by atoms with Crippen LogP contribution >= 0.6 is 23.2 Å². The SMILES string of the molecule is CCOc1cccc(N=C([O-])c2cc3ccccc3c(N=Nc3cc(Cl)cc(CC)c3S(=O)(=O)O)c2[O-])c1.CCOc1cccc(NC(=O)c2cc3ccccc3c(N=Nc3cc(Cl)cc(CC)c3S(=O)(=O)O)c2O)c1.[Ca+2]. The van der Waals surface area contributed by atoms with Crippen LogP contribution < -0.4 is 25.0 Å². The molecule has 8 aromatic carbocycles. The van der Waals surface area contributed by atoms with Crippen LogP contribution in [0.15, 0.2) is 169 Å². The zero-order chi connectivity index (χ0) is 54.9. The molecule has 18 nitrogen and oxygen atoms in total. The molecule has 0 unspecified atom stereocenters. The Bertz CT molecular complexity index is 3860. The number of nitrogens with zero attached hydrogens (tertiary/aromatic N) is 5. The Morgan fingerprint density at radius 3 is 1.61 bits per heavy atom. The first-order valence-electron chi connectivity index (χ1n) is 23.2. The first-order valence-corrected chi connectivity index (χ1v) is 26.8. The Morgan fingerprint density at radius 2 is 1.09 bits per heavy atom. The van der Waals surface area contributed by atoms with Gasteiger partial charge in [-0.05, 0) is 121 Å². The number of aryl methyl sites for hydroxylation is 2. The number of ether oxygens (including phenoxy) is 2. The number of carbonyl (C=O) groups excluding carboxylic acids is 1. The van der Waals surface area contributed by atoms with Gasteiger partial charge in [0.15, 0.2) is 5.75 Å². The molecule has 392 valence electrons. The number of aromatic hydroxyl groups is 1. The summed E-state index contributed by atoms with van der Waals surface area (Å²) in [5.74, 6) is -1.50. The summed E-state index contributed by atoms with van der Waals surface area (Å²) < 4.78 is 79.0. The number of fused-ring (bicyclic) bond motifs is 2. The van der Waals surface area contributed by atoms with E-state index >= 15 is 0 Å². The fourth-order valence-electron chi connectivity index (χ4n) is 7.92. The molecule has 0 saturated heterocycles. The first kappa shape index (κ1) is 59.5. The first-order chi connectivity index (χ1) is 36.2. The standard InChI is InChI=1S/2C27H24ClN3O6S.Ca/c2*1-3-16-12-18(28)14-23(26(16)38(34,35)36)30-31-24-21-11-6-5-8-17(21)13-22(25(24)32)27(33)29-19-9-7-10-20(15-19)37-4-2;/h2*5-15,32H,3-4H2,1-2H3,(H,29,33)(H,34,35,36);/q;;+2/p-2. The van der Waals surface area contributed by atoms with Gasteiger partial charge in [-0.15, -0.1) is 15.3 Å². The van der Waals surface area contributed by atoms with E-state index in [2.05, 4.69) is 30.8 Å². The fourth-order valence-corrected chi connectivity index (χ4v) is 10.2. The smallest absolute Gasteiger partial charge is 0.871 e. The van der Waals surface area contributed by atoms with E-state index in [0.717, 1.165) is 0 Å². The topological polar surface area (TPSA) is 284 Å². The average Bonchev–Trinajstić information content (AvgIpc) is 3.37. The van der Waals surface area contributed by atoms with Gasteiger partial charge in [-0.1, -0.05) is 103 Å². The minimum Gasteiger partial charge on any atom is -0.871 e. The van der Waals surface area contributed by atoms with Gasteiger partial charge >= 0.3 is 37.7 Å². The number of phenols is 1. The number of carbonyl (C=O) groups is 1.